The van der Waals surface area contributed by atoms with Crippen molar-refractivity contribution in [2.24, 2.45) is 0 Å². The Hall–Kier alpha value is -2.23. The third kappa shape index (κ3) is 3.73. The number of carbonyl (C=O) groups is 1. The van der Waals surface area contributed by atoms with E-state index in [-0.39, 0.29) is 11.5 Å². The Balaban J connectivity index is 1.79. The molecule has 1 unspecified atom stereocenters. The van der Waals surface area contributed by atoms with Gasteiger partial charge in [-0.15, -0.1) is 11.3 Å². The molecule has 6 heteroatoms. The Morgan fingerprint density at radius 2 is 2.08 bits per heavy atom. The molecule has 0 radical (unpaired) electrons. The van der Waals surface area contributed by atoms with Crippen LogP contribution < -0.4 is 0 Å². The molecule has 25 heavy (non-hydrogen) atoms. The molecule has 0 aliphatic heterocycles. The second-order valence-electron chi connectivity index (χ2n) is 5.89. The van der Waals surface area contributed by atoms with Crippen LogP contribution in [0.15, 0.2) is 34.7 Å². The van der Waals surface area contributed by atoms with Crippen molar-refractivity contribution in [3.8, 4) is 6.07 Å². The maximum absolute atomic E-state index is 12.5. The van der Waals surface area contributed by atoms with Crippen LogP contribution in [0.2, 0.25) is 0 Å². The Labute approximate surface area is 154 Å². The number of thioether (sulfide) groups is 1. The molecule has 126 valence electrons. The molecule has 4 nitrogen and oxygen atoms in total. The van der Waals surface area contributed by atoms with E-state index in [1.54, 1.807) is 0 Å². The Kier molecular flexibility index (Phi) is 5.16. The summed E-state index contributed by atoms with van der Waals surface area (Å²) < 4.78 is 0. The molecule has 0 aliphatic carbocycles. The predicted molar refractivity (Wildman–Crippen MR) is 102 cm³/mol. The number of thiazole rings is 1. The summed E-state index contributed by atoms with van der Waals surface area (Å²) in [4.78, 5) is 21.4. The third-order valence-electron chi connectivity index (χ3n) is 3.92. The number of aromatic nitrogens is 2. The summed E-state index contributed by atoms with van der Waals surface area (Å²) in [6, 6.07) is 10.2. The van der Waals surface area contributed by atoms with Crippen molar-refractivity contribution in [2.45, 2.75) is 31.7 Å². The fourth-order valence-electron chi connectivity index (χ4n) is 2.60. The van der Waals surface area contributed by atoms with Gasteiger partial charge in [0.1, 0.15) is 5.01 Å². The molecule has 0 saturated carbocycles. The minimum Gasteiger partial charge on any atom is -0.297 e. The second-order valence-corrected chi connectivity index (χ2v) is 7.78. The van der Waals surface area contributed by atoms with Crippen LogP contribution in [0, 0.1) is 32.1 Å². The van der Waals surface area contributed by atoms with Gasteiger partial charge in [-0.2, -0.15) is 5.26 Å². The highest BCUT2D eigenvalue weighted by Gasteiger charge is 2.23. The number of rotatable bonds is 5. The summed E-state index contributed by atoms with van der Waals surface area (Å²) in [6.07, 6.45) is 0. The summed E-state index contributed by atoms with van der Waals surface area (Å²) in [7, 11) is 0. The quantitative estimate of drug-likeness (QED) is 0.617. The number of benzene rings is 1. The van der Waals surface area contributed by atoms with Crippen molar-refractivity contribution in [2.75, 3.05) is 5.75 Å². The summed E-state index contributed by atoms with van der Waals surface area (Å²) in [5.41, 5.74) is 4.05. The third-order valence-corrected chi connectivity index (χ3v) is 5.88. The van der Waals surface area contributed by atoms with Gasteiger partial charge in [0.05, 0.1) is 22.4 Å². The lowest BCUT2D eigenvalue weighted by Crippen LogP contribution is -2.13. The van der Waals surface area contributed by atoms with Crippen molar-refractivity contribution in [3.05, 3.63) is 51.5 Å². The van der Waals surface area contributed by atoms with Gasteiger partial charge in [0, 0.05) is 16.5 Å². The molecular formula is C19H17N3OS2. The second kappa shape index (κ2) is 7.34. The van der Waals surface area contributed by atoms with E-state index < -0.39 is 5.92 Å². The highest BCUT2D eigenvalue weighted by molar-refractivity contribution is 7.99. The predicted octanol–water partition coefficient (Wildman–Crippen LogP) is 4.59. The number of aryl methyl sites for hydroxylation is 3. The number of carbonyl (C=O) groups excluding carboxylic acids is 1. The molecule has 0 aliphatic rings. The number of para-hydroxylation sites is 1. The van der Waals surface area contributed by atoms with Gasteiger partial charge in [0.2, 0.25) is 0 Å². The zero-order chi connectivity index (χ0) is 18.0. The smallest absolute Gasteiger partial charge is 0.167 e. The van der Waals surface area contributed by atoms with Crippen molar-refractivity contribution < 1.29 is 4.79 Å². The molecule has 3 aromatic rings. The van der Waals surface area contributed by atoms with E-state index >= 15 is 0 Å². The largest absolute Gasteiger partial charge is 0.297 e. The van der Waals surface area contributed by atoms with Gasteiger partial charge in [-0.05, 0) is 38.0 Å². The fourth-order valence-corrected chi connectivity index (χ4v) is 4.34. The summed E-state index contributed by atoms with van der Waals surface area (Å²) in [6.45, 7) is 5.94. The summed E-state index contributed by atoms with van der Waals surface area (Å²) in [5, 5.41) is 13.7. The average Bonchev–Trinajstić information content (AvgIpc) is 3.01. The first kappa shape index (κ1) is 17.6. The van der Waals surface area contributed by atoms with Crippen LogP contribution in [0.5, 0.6) is 0 Å². The lowest BCUT2D eigenvalue weighted by molar-refractivity contribution is -0.116. The molecule has 3 rings (SSSR count). The minimum atomic E-state index is -0.797. The van der Waals surface area contributed by atoms with Crippen LogP contribution in [0.3, 0.4) is 0 Å². The van der Waals surface area contributed by atoms with E-state index in [1.165, 1.54) is 23.1 Å². The van der Waals surface area contributed by atoms with Crippen molar-refractivity contribution in [1.29, 1.82) is 5.26 Å². The van der Waals surface area contributed by atoms with Crippen LogP contribution in [0.1, 0.15) is 27.7 Å². The number of fused-ring (bicyclic) bond motifs is 1. The van der Waals surface area contributed by atoms with Crippen LogP contribution >= 0.6 is 23.1 Å². The maximum Gasteiger partial charge on any atom is 0.167 e. The summed E-state index contributed by atoms with van der Waals surface area (Å²) >= 11 is 2.74. The Morgan fingerprint density at radius 3 is 2.76 bits per heavy atom. The molecule has 0 spiro atoms. The first-order valence-corrected chi connectivity index (χ1v) is 9.70. The molecule has 0 bridgehead atoms. The monoisotopic (exact) mass is 367 g/mol. The molecule has 0 fully saturated rings. The fraction of sp³-hybridized carbons (Fsp3) is 0.263. The maximum atomic E-state index is 12.5. The molecule has 1 aromatic carbocycles. The van der Waals surface area contributed by atoms with E-state index in [4.69, 9.17) is 0 Å². The van der Waals surface area contributed by atoms with Gasteiger partial charge in [0.15, 0.2) is 11.7 Å². The van der Waals surface area contributed by atoms with Crippen LogP contribution in [0.4, 0.5) is 0 Å². The molecule has 0 saturated heterocycles. The lowest BCUT2D eigenvalue weighted by Gasteiger charge is -2.09. The highest BCUT2D eigenvalue weighted by Crippen LogP contribution is 2.28. The number of nitrogens with zero attached hydrogens (tertiary/aromatic N) is 3. The van der Waals surface area contributed by atoms with E-state index in [2.05, 4.69) is 22.1 Å². The van der Waals surface area contributed by atoms with E-state index in [0.717, 1.165) is 32.7 Å². The normalized spacial score (nSPS) is 12.1. The van der Waals surface area contributed by atoms with Crippen molar-refractivity contribution in [3.63, 3.8) is 0 Å². The standard InChI is InChI=1S/C19H17N3OS2/c1-11-5-4-6-14-12(2)7-17(22-18(11)14)24-10-16(23)15(8-20)19-21-13(3)9-25-19/h4-7,9,15H,10H2,1-3H3. The Morgan fingerprint density at radius 1 is 1.28 bits per heavy atom. The minimum absolute atomic E-state index is 0.133. The topological polar surface area (TPSA) is 66.6 Å². The van der Waals surface area contributed by atoms with Gasteiger partial charge >= 0.3 is 0 Å². The number of ketones is 1. The lowest BCUT2D eigenvalue weighted by atomic mass is 10.1. The van der Waals surface area contributed by atoms with E-state index in [1.807, 2.05) is 44.4 Å². The van der Waals surface area contributed by atoms with Gasteiger partial charge in [-0.1, -0.05) is 30.0 Å². The van der Waals surface area contributed by atoms with Crippen molar-refractivity contribution >= 4 is 39.8 Å². The van der Waals surface area contributed by atoms with E-state index in [0.29, 0.717) is 5.01 Å². The molecule has 2 aromatic heterocycles. The highest BCUT2D eigenvalue weighted by atomic mass is 32.2. The number of nitriles is 1. The SMILES string of the molecule is Cc1csc(C(C#N)C(=O)CSc2cc(C)c3cccc(C)c3n2)n1. The number of hydrogen-bond acceptors (Lipinski definition) is 6. The molecule has 2 heterocycles. The van der Waals surface area contributed by atoms with E-state index in [9.17, 15) is 10.1 Å². The van der Waals surface area contributed by atoms with Crippen LogP contribution in [-0.4, -0.2) is 21.5 Å². The number of pyridine rings is 1. The molecular weight excluding hydrogens is 350 g/mol. The zero-order valence-electron chi connectivity index (χ0n) is 14.2. The van der Waals surface area contributed by atoms with Crippen molar-refractivity contribution in [1.82, 2.24) is 9.97 Å². The molecule has 0 amide bonds. The first-order chi connectivity index (χ1) is 12.0. The van der Waals surface area contributed by atoms with Gasteiger partial charge < -0.3 is 0 Å². The Bertz CT molecular complexity index is 988. The number of Topliss-reactive ketones (excluding diaryl/α,β-unsaturated/α-hetero) is 1. The average molecular weight is 367 g/mol. The number of hydrogen-bond donors (Lipinski definition) is 0. The van der Waals surface area contributed by atoms with Crippen LogP contribution in [0.25, 0.3) is 10.9 Å². The van der Waals surface area contributed by atoms with Gasteiger partial charge in [-0.25, -0.2) is 9.97 Å². The summed E-state index contributed by atoms with van der Waals surface area (Å²) in [5.74, 6) is -0.721. The molecule has 1 atom stereocenters. The zero-order valence-corrected chi connectivity index (χ0v) is 15.9. The molecule has 0 N–H and O–H groups in total. The van der Waals surface area contributed by atoms with Gasteiger partial charge in [0.25, 0.3) is 0 Å². The first-order valence-electron chi connectivity index (χ1n) is 7.83. The van der Waals surface area contributed by atoms with Crippen LogP contribution in [-0.2, 0) is 4.79 Å². The van der Waals surface area contributed by atoms with Gasteiger partial charge in [-0.3, -0.25) is 4.79 Å².